The fourth-order valence-electron chi connectivity index (χ4n) is 7.80. The lowest BCUT2D eigenvalue weighted by Crippen LogP contribution is -2.60. The third-order valence-electron chi connectivity index (χ3n) is 11.1. The monoisotopic (exact) mass is 926 g/mol. The molecule has 0 bridgehead atoms. The summed E-state index contributed by atoms with van der Waals surface area (Å²) in [4.78, 5) is 67.4. The molecule has 0 spiro atoms. The summed E-state index contributed by atoms with van der Waals surface area (Å²) < 4.78 is 53.0. The van der Waals surface area contributed by atoms with E-state index in [0.29, 0.717) is 50.7 Å². The molecule has 1 saturated heterocycles. The molecule has 0 radical (unpaired) electrons. The molecule has 16 nitrogen and oxygen atoms in total. The number of hydrogen-bond donors (Lipinski definition) is 3. The third kappa shape index (κ3) is 10.2. The second-order valence-electron chi connectivity index (χ2n) is 18.2. The van der Waals surface area contributed by atoms with Crippen LogP contribution in [0.25, 0.3) is 32.4 Å². The van der Waals surface area contributed by atoms with E-state index in [1.807, 2.05) is 43.3 Å². The summed E-state index contributed by atoms with van der Waals surface area (Å²) in [6.45, 7) is 16.4. The van der Waals surface area contributed by atoms with Gasteiger partial charge in [0.1, 0.15) is 46.6 Å². The lowest BCUT2D eigenvalue weighted by atomic mass is 9.85. The van der Waals surface area contributed by atoms with Crippen molar-refractivity contribution in [1.29, 1.82) is 0 Å². The van der Waals surface area contributed by atoms with E-state index < -0.39 is 74.5 Å². The zero-order chi connectivity index (χ0) is 47.1. The standard InChI is InChI=1S/C47H54N6O10S2/c1-10-28-25-47(28,42(56)52-65(58,59)44-49-33-20-18-30(61-11-2)23-38(33)64-44)51-40(54)36-22-31(26-53(36)41(55)39(45(3,4)5)50-43(57)63-46(6,7)8)62-37-24-34(27-15-13-12-14-16-27)48-35-21-29(60-9)17-19-32(35)37/h10,12-21,23-24,28,31,36,39H,1,11,22,25-26H2,2-9H3,(H,50,57)(H,51,54)(H,52,56). The number of aromatic nitrogens is 2. The van der Waals surface area contributed by atoms with Crippen molar-refractivity contribution in [2.45, 2.75) is 95.0 Å². The molecule has 18 heteroatoms. The Hall–Kier alpha value is -6.27. The number of thiazole rings is 1. The average molecular weight is 927 g/mol. The molecule has 7 rings (SSSR count). The van der Waals surface area contributed by atoms with Crippen molar-refractivity contribution in [3.05, 3.63) is 85.5 Å². The molecule has 65 heavy (non-hydrogen) atoms. The first-order valence-corrected chi connectivity index (χ1v) is 23.5. The number of ether oxygens (including phenoxy) is 4. The largest absolute Gasteiger partial charge is 0.497 e. The molecule has 1 aliphatic heterocycles. The average Bonchev–Trinajstić information content (AvgIpc) is 3.53. The van der Waals surface area contributed by atoms with Gasteiger partial charge in [-0.25, -0.2) is 19.5 Å². The number of amides is 4. The predicted molar refractivity (Wildman–Crippen MR) is 246 cm³/mol. The van der Waals surface area contributed by atoms with Gasteiger partial charge < -0.3 is 34.5 Å². The Morgan fingerprint density at radius 1 is 0.969 bits per heavy atom. The molecule has 3 heterocycles. The van der Waals surface area contributed by atoms with Gasteiger partial charge in [-0.2, -0.15) is 8.42 Å². The number of methoxy groups -OCH3 is 1. The van der Waals surface area contributed by atoms with Crippen molar-refractivity contribution in [3.8, 4) is 28.5 Å². The molecule has 1 saturated carbocycles. The first-order chi connectivity index (χ1) is 30.6. The van der Waals surface area contributed by atoms with Gasteiger partial charge in [0.2, 0.25) is 16.2 Å². The molecule has 3 aromatic carbocycles. The molecule has 5 atom stereocenters. The van der Waals surface area contributed by atoms with Crippen LogP contribution in [-0.2, 0) is 29.1 Å². The number of pyridine rings is 1. The number of nitrogens with one attached hydrogen (secondary N) is 3. The van der Waals surface area contributed by atoms with E-state index in [1.54, 1.807) is 85.1 Å². The van der Waals surface area contributed by atoms with Crippen molar-refractivity contribution in [3.63, 3.8) is 0 Å². The molecule has 5 aromatic rings. The molecule has 3 N–H and O–H groups in total. The topological polar surface area (TPSA) is 204 Å². The highest BCUT2D eigenvalue weighted by molar-refractivity contribution is 7.92. The number of benzene rings is 3. The maximum Gasteiger partial charge on any atom is 0.408 e. The number of likely N-dealkylation sites (tertiary alicyclic amines) is 1. The summed E-state index contributed by atoms with van der Waals surface area (Å²) in [6, 6.07) is 19.3. The second kappa shape index (κ2) is 18.0. The Labute approximate surface area is 382 Å². The van der Waals surface area contributed by atoms with Gasteiger partial charge in [0.25, 0.3) is 15.9 Å². The third-order valence-corrected chi connectivity index (χ3v) is 13.8. The highest BCUT2D eigenvalue weighted by Crippen LogP contribution is 2.46. The molecule has 2 aromatic heterocycles. The first-order valence-electron chi connectivity index (χ1n) is 21.2. The zero-order valence-corrected chi connectivity index (χ0v) is 39.2. The Bertz CT molecular complexity index is 2770. The molecule has 5 unspecified atom stereocenters. The molecule has 2 fully saturated rings. The molecular formula is C47H54N6O10S2. The minimum atomic E-state index is -4.51. The maximum absolute atomic E-state index is 14.8. The van der Waals surface area contributed by atoms with Crippen LogP contribution in [0.15, 0.2) is 89.8 Å². The predicted octanol–water partition coefficient (Wildman–Crippen LogP) is 6.77. The van der Waals surface area contributed by atoms with Crippen molar-refractivity contribution in [2.24, 2.45) is 11.3 Å². The second-order valence-corrected chi connectivity index (χ2v) is 21.1. The van der Waals surface area contributed by atoms with Crippen LogP contribution in [0.2, 0.25) is 0 Å². The Balaban J connectivity index is 1.20. The van der Waals surface area contributed by atoms with E-state index in [4.69, 9.17) is 23.9 Å². The van der Waals surface area contributed by atoms with Gasteiger partial charge in [0.15, 0.2) is 0 Å². The van der Waals surface area contributed by atoms with Gasteiger partial charge in [0, 0.05) is 35.4 Å². The number of nitrogens with zero attached hydrogens (tertiary/aromatic N) is 3. The lowest BCUT2D eigenvalue weighted by Gasteiger charge is -2.36. The van der Waals surface area contributed by atoms with Gasteiger partial charge in [-0.1, -0.05) is 57.2 Å². The lowest BCUT2D eigenvalue weighted by molar-refractivity contribution is -0.143. The number of fused-ring (bicyclic) bond motifs is 2. The van der Waals surface area contributed by atoms with Gasteiger partial charge in [-0.3, -0.25) is 14.4 Å². The number of carbonyl (C=O) groups excluding carboxylic acids is 4. The Morgan fingerprint density at radius 2 is 1.69 bits per heavy atom. The number of carbonyl (C=O) groups is 4. The van der Waals surface area contributed by atoms with Crippen LogP contribution in [0.1, 0.15) is 61.3 Å². The van der Waals surface area contributed by atoms with Crippen LogP contribution in [0.3, 0.4) is 0 Å². The van der Waals surface area contributed by atoms with Crippen LogP contribution in [0, 0.1) is 11.3 Å². The minimum absolute atomic E-state index is 0.0360. The van der Waals surface area contributed by atoms with Crippen molar-refractivity contribution in [1.82, 2.24) is 30.2 Å². The molecule has 344 valence electrons. The Morgan fingerprint density at radius 3 is 2.34 bits per heavy atom. The van der Waals surface area contributed by atoms with E-state index in [2.05, 4.69) is 26.9 Å². The van der Waals surface area contributed by atoms with Crippen LogP contribution >= 0.6 is 11.3 Å². The minimum Gasteiger partial charge on any atom is -0.497 e. The van der Waals surface area contributed by atoms with Crippen molar-refractivity contribution < 1.29 is 46.5 Å². The molecule has 1 aliphatic carbocycles. The summed E-state index contributed by atoms with van der Waals surface area (Å²) in [5, 5.41) is 6.20. The van der Waals surface area contributed by atoms with E-state index in [-0.39, 0.29) is 23.7 Å². The SMILES string of the molecule is C=CC1CC1(NC(=O)C1CC(Oc2cc(-c3ccccc3)nc3cc(OC)ccc23)CN1C(=O)C(NC(=O)OC(C)(C)C)C(C)(C)C)C(=O)NS(=O)(=O)c1nc2ccc(OCC)cc2s1. The maximum atomic E-state index is 14.8. The van der Waals surface area contributed by atoms with E-state index in [9.17, 15) is 27.6 Å². The van der Waals surface area contributed by atoms with Crippen LogP contribution in [-0.4, -0.2) is 96.7 Å². The van der Waals surface area contributed by atoms with Gasteiger partial charge in [-0.15, -0.1) is 17.9 Å². The normalized spacial score (nSPS) is 20.1. The number of hydrogen-bond acceptors (Lipinski definition) is 13. The summed E-state index contributed by atoms with van der Waals surface area (Å²) in [6.07, 6.45) is -0.128. The van der Waals surface area contributed by atoms with E-state index in [1.165, 1.54) is 11.0 Å². The van der Waals surface area contributed by atoms with Crippen LogP contribution in [0.5, 0.6) is 17.2 Å². The van der Waals surface area contributed by atoms with Crippen molar-refractivity contribution in [2.75, 3.05) is 20.3 Å². The van der Waals surface area contributed by atoms with Crippen molar-refractivity contribution >= 4 is 66.3 Å². The zero-order valence-electron chi connectivity index (χ0n) is 37.6. The smallest absolute Gasteiger partial charge is 0.408 e. The number of alkyl carbamates (subject to hydrolysis) is 1. The molecule has 2 aliphatic rings. The summed E-state index contributed by atoms with van der Waals surface area (Å²) in [5.74, 6) is -1.39. The summed E-state index contributed by atoms with van der Waals surface area (Å²) in [7, 11) is -2.95. The quantitative estimate of drug-likeness (QED) is 0.0988. The fourth-order valence-corrected chi connectivity index (χ4v) is 10.1. The molecular weight excluding hydrogens is 873 g/mol. The van der Waals surface area contributed by atoms with E-state index >= 15 is 0 Å². The fraction of sp³-hybridized carbons (Fsp3) is 0.404. The number of sulfonamides is 1. The Kier molecular flexibility index (Phi) is 12.9. The summed E-state index contributed by atoms with van der Waals surface area (Å²) in [5.41, 5.74) is -1.03. The first kappa shape index (κ1) is 46.7. The van der Waals surface area contributed by atoms with Gasteiger partial charge in [-0.05, 0) is 69.9 Å². The van der Waals surface area contributed by atoms with Gasteiger partial charge >= 0.3 is 6.09 Å². The summed E-state index contributed by atoms with van der Waals surface area (Å²) >= 11 is 0.867. The highest BCUT2D eigenvalue weighted by Gasteiger charge is 2.62. The molecule has 4 amide bonds. The van der Waals surface area contributed by atoms with Crippen LogP contribution in [0.4, 0.5) is 4.79 Å². The van der Waals surface area contributed by atoms with Crippen LogP contribution < -0.4 is 29.6 Å². The van der Waals surface area contributed by atoms with Gasteiger partial charge in [0.05, 0.1) is 41.7 Å². The highest BCUT2D eigenvalue weighted by atomic mass is 32.2. The number of rotatable bonds is 14. The van der Waals surface area contributed by atoms with E-state index in [0.717, 1.165) is 16.9 Å².